The van der Waals surface area contributed by atoms with Crippen LogP contribution in [0.4, 0.5) is 0 Å². The van der Waals surface area contributed by atoms with E-state index in [2.05, 4.69) is 4.90 Å². The van der Waals surface area contributed by atoms with Crippen molar-refractivity contribution in [2.45, 2.75) is 6.04 Å². The molecule has 0 amide bonds. The fraction of sp³-hybridized carbons (Fsp3) is 1.00. The summed E-state index contributed by atoms with van der Waals surface area (Å²) in [4.78, 5) is 2.29. The van der Waals surface area contributed by atoms with Crippen molar-refractivity contribution in [2.75, 3.05) is 26.2 Å². The van der Waals surface area contributed by atoms with Gasteiger partial charge in [-0.15, -0.1) is 0 Å². The van der Waals surface area contributed by atoms with E-state index in [-0.39, 0.29) is 6.61 Å². The lowest BCUT2D eigenvalue weighted by molar-refractivity contribution is 0.207. The molecule has 1 saturated heterocycles. The average Bonchev–Trinajstić information content (AvgIpc) is 2.44. The lowest BCUT2D eigenvalue weighted by Crippen LogP contribution is -2.30. The Morgan fingerprint density at radius 2 is 2.00 bits per heavy atom. The molecule has 0 bridgehead atoms. The van der Waals surface area contributed by atoms with Crippen LogP contribution in [0.3, 0.4) is 0 Å². The molecule has 3 nitrogen and oxygen atoms in total. The van der Waals surface area contributed by atoms with Gasteiger partial charge in [-0.3, -0.25) is 0 Å². The number of hydrogen-bond acceptors (Lipinski definition) is 3. The molecule has 0 radical (unpaired) electrons. The van der Waals surface area contributed by atoms with Crippen molar-refractivity contribution in [1.29, 1.82) is 0 Å². The molecule has 58 valence electrons. The number of nitrogens with zero attached hydrogens (tertiary/aromatic N) is 1. The minimum atomic E-state index is 0.286. The molecule has 3 N–H and O–H groups in total. The van der Waals surface area contributed by atoms with Crippen LogP contribution in [0.1, 0.15) is 0 Å². The van der Waals surface area contributed by atoms with Gasteiger partial charge < -0.3 is 15.7 Å². The summed E-state index contributed by atoms with van der Waals surface area (Å²) in [6.07, 6.45) is 0. The van der Waals surface area contributed by atoms with Gasteiger partial charge in [0.25, 0.3) is 0 Å². The van der Waals surface area contributed by atoms with E-state index in [9.17, 15) is 0 Å². The third kappa shape index (κ3) is 0.856. The molecule has 0 aromatic rings. The number of likely N-dealkylation sites (tertiary alicyclic amines) is 1. The first-order valence-corrected chi connectivity index (χ1v) is 3.91. The third-order valence-corrected chi connectivity index (χ3v) is 2.75. The van der Waals surface area contributed by atoms with Gasteiger partial charge in [-0.05, 0) is 11.8 Å². The molecule has 1 heterocycles. The summed E-state index contributed by atoms with van der Waals surface area (Å²) >= 11 is 0. The van der Waals surface area contributed by atoms with Gasteiger partial charge in [0.2, 0.25) is 0 Å². The standard InChI is InChI=1S/C7H14N2O/c8-7-5-3-9(1-2-10)4-6(5)7/h5-7,10H,1-4,8H2. The van der Waals surface area contributed by atoms with Crippen molar-refractivity contribution in [1.82, 2.24) is 4.90 Å². The molecule has 3 heteroatoms. The van der Waals surface area contributed by atoms with Crippen LogP contribution < -0.4 is 5.73 Å². The topological polar surface area (TPSA) is 49.5 Å². The second-order valence-electron chi connectivity index (χ2n) is 3.39. The molecule has 2 unspecified atom stereocenters. The molecule has 1 aliphatic carbocycles. The zero-order chi connectivity index (χ0) is 7.14. The number of hydrogen-bond donors (Lipinski definition) is 2. The van der Waals surface area contributed by atoms with Crippen LogP contribution in [-0.4, -0.2) is 42.3 Å². The molecule has 2 fully saturated rings. The molecule has 1 saturated carbocycles. The predicted molar refractivity (Wildman–Crippen MR) is 38.5 cm³/mol. The molecule has 10 heavy (non-hydrogen) atoms. The second kappa shape index (κ2) is 2.19. The third-order valence-electron chi connectivity index (χ3n) is 2.75. The minimum Gasteiger partial charge on any atom is -0.395 e. The van der Waals surface area contributed by atoms with Gasteiger partial charge in [0, 0.05) is 25.7 Å². The monoisotopic (exact) mass is 142 g/mol. The maximum Gasteiger partial charge on any atom is 0.0558 e. The molecular weight excluding hydrogens is 128 g/mol. The first-order valence-electron chi connectivity index (χ1n) is 3.91. The lowest BCUT2D eigenvalue weighted by Gasteiger charge is -2.16. The normalized spacial score (nSPS) is 45.6. The van der Waals surface area contributed by atoms with E-state index in [0.717, 1.165) is 31.5 Å². The molecule has 2 rings (SSSR count). The first kappa shape index (κ1) is 6.58. The number of nitrogens with two attached hydrogens (primary N) is 1. The zero-order valence-corrected chi connectivity index (χ0v) is 6.03. The Bertz CT molecular complexity index is 128. The van der Waals surface area contributed by atoms with E-state index in [0.29, 0.717) is 6.04 Å². The molecule has 0 aromatic heterocycles. The number of rotatable bonds is 2. The van der Waals surface area contributed by atoms with Crippen LogP contribution >= 0.6 is 0 Å². The Morgan fingerprint density at radius 1 is 1.40 bits per heavy atom. The first-order chi connectivity index (χ1) is 4.83. The van der Waals surface area contributed by atoms with Gasteiger partial charge in [0.05, 0.1) is 6.61 Å². The Labute approximate surface area is 60.8 Å². The maximum atomic E-state index is 8.62. The highest BCUT2D eigenvalue weighted by Gasteiger charge is 2.53. The maximum absolute atomic E-state index is 8.62. The van der Waals surface area contributed by atoms with Crippen LogP contribution in [0, 0.1) is 11.8 Å². The van der Waals surface area contributed by atoms with E-state index in [4.69, 9.17) is 10.8 Å². The highest BCUT2D eigenvalue weighted by molar-refractivity contribution is 5.08. The quantitative estimate of drug-likeness (QED) is 0.513. The van der Waals surface area contributed by atoms with Crippen LogP contribution in [0.2, 0.25) is 0 Å². The summed E-state index contributed by atoms with van der Waals surface area (Å²) in [7, 11) is 0. The Balaban J connectivity index is 1.79. The van der Waals surface area contributed by atoms with Gasteiger partial charge in [0.15, 0.2) is 0 Å². The van der Waals surface area contributed by atoms with Gasteiger partial charge >= 0.3 is 0 Å². The van der Waals surface area contributed by atoms with Crippen molar-refractivity contribution >= 4 is 0 Å². The summed E-state index contributed by atoms with van der Waals surface area (Å²) in [6.45, 7) is 3.35. The summed E-state index contributed by atoms with van der Waals surface area (Å²) < 4.78 is 0. The SMILES string of the molecule is NC1C2CN(CCO)CC12. The summed E-state index contributed by atoms with van der Waals surface area (Å²) in [5.74, 6) is 1.51. The van der Waals surface area contributed by atoms with Crippen LogP contribution in [0.5, 0.6) is 0 Å². The fourth-order valence-electron chi connectivity index (χ4n) is 1.98. The van der Waals surface area contributed by atoms with Gasteiger partial charge in [-0.25, -0.2) is 0 Å². The van der Waals surface area contributed by atoms with Crippen LogP contribution in [-0.2, 0) is 0 Å². The minimum absolute atomic E-state index is 0.286. The predicted octanol–water partition coefficient (Wildman–Crippen LogP) is -1.13. The molecule has 2 atom stereocenters. The van der Waals surface area contributed by atoms with E-state index < -0.39 is 0 Å². The van der Waals surface area contributed by atoms with Gasteiger partial charge in [-0.2, -0.15) is 0 Å². The number of β-amino-alcohol motifs (C(OH)–C–C–N with tert-alkyl or cyclic N) is 1. The summed E-state index contributed by atoms with van der Waals surface area (Å²) in [5, 5.41) is 8.62. The van der Waals surface area contributed by atoms with Crippen molar-refractivity contribution in [3.8, 4) is 0 Å². The largest absolute Gasteiger partial charge is 0.395 e. The summed E-state index contributed by atoms with van der Waals surface area (Å²) in [6, 6.07) is 0.481. The Morgan fingerprint density at radius 3 is 2.50 bits per heavy atom. The number of piperidine rings is 1. The lowest BCUT2D eigenvalue weighted by atomic mass is 10.4. The fourth-order valence-corrected chi connectivity index (χ4v) is 1.98. The second-order valence-corrected chi connectivity index (χ2v) is 3.39. The van der Waals surface area contributed by atoms with E-state index in [1.807, 2.05) is 0 Å². The van der Waals surface area contributed by atoms with E-state index in [1.54, 1.807) is 0 Å². The van der Waals surface area contributed by atoms with Crippen LogP contribution in [0.15, 0.2) is 0 Å². The Hall–Kier alpha value is -0.120. The Kier molecular flexibility index (Phi) is 1.44. The molecule has 0 spiro atoms. The molecule has 2 aliphatic rings. The van der Waals surface area contributed by atoms with Crippen LogP contribution in [0.25, 0.3) is 0 Å². The molecular formula is C7H14N2O. The molecule has 1 aliphatic heterocycles. The van der Waals surface area contributed by atoms with Crippen molar-refractivity contribution in [3.63, 3.8) is 0 Å². The van der Waals surface area contributed by atoms with Gasteiger partial charge in [0.1, 0.15) is 0 Å². The van der Waals surface area contributed by atoms with Crippen molar-refractivity contribution in [3.05, 3.63) is 0 Å². The number of aliphatic hydroxyl groups excluding tert-OH is 1. The average molecular weight is 142 g/mol. The zero-order valence-electron chi connectivity index (χ0n) is 6.03. The van der Waals surface area contributed by atoms with E-state index in [1.165, 1.54) is 0 Å². The molecule has 0 aromatic carbocycles. The van der Waals surface area contributed by atoms with Crippen molar-refractivity contribution < 1.29 is 5.11 Å². The van der Waals surface area contributed by atoms with Crippen molar-refractivity contribution in [2.24, 2.45) is 17.6 Å². The summed E-state index contributed by atoms with van der Waals surface area (Å²) in [5.41, 5.74) is 5.74. The number of aliphatic hydroxyl groups is 1. The van der Waals surface area contributed by atoms with Gasteiger partial charge in [-0.1, -0.05) is 0 Å². The smallest absolute Gasteiger partial charge is 0.0558 e. The highest BCUT2D eigenvalue weighted by Crippen LogP contribution is 2.43. The van der Waals surface area contributed by atoms with E-state index >= 15 is 0 Å². The highest BCUT2D eigenvalue weighted by atomic mass is 16.3. The number of fused-ring (bicyclic) bond motifs is 1.